The summed E-state index contributed by atoms with van der Waals surface area (Å²) in [5, 5.41) is 2.85. The lowest BCUT2D eigenvalue weighted by Crippen LogP contribution is -2.35. The fourth-order valence-electron chi connectivity index (χ4n) is 3.63. The smallest absolute Gasteiger partial charge is 0.414 e. The van der Waals surface area contributed by atoms with Crippen LogP contribution in [0.15, 0.2) is 58.4 Å². The lowest BCUT2D eigenvalue weighted by Gasteiger charge is -2.20. The van der Waals surface area contributed by atoms with Crippen molar-refractivity contribution in [1.29, 1.82) is 0 Å². The van der Waals surface area contributed by atoms with Gasteiger partial charge in [-0.3, -0.25) is 19.4 Å². The van der Waals surface area contributed by atoms with E-state index in [0.717, 1.165) is 0 Å². The second kappa shape index (κ2) is 8.62. The summed E-state index contributed by atoms with van der Waals surface area (Å²) in [6.45, 7) is 4.59. The fourth-order valence-corrected chi connectivity index (χ4v) is 4.87. The maximum absolute atomic E-state index is 13.2. The van der Waals surface area contributed by atoms with Crippen LogP contribution in [0.5, 0.6) is 0 Å². The predicted molar refractivity (Wildman–Crippen MR) is 120 cm³/mol. The molecule has 0 aromatic heterocycles. The summed E-state index contributed by atoms with van der Waals surface area (Å²) in [7, 11) is -3.70. The van der Waals surface area contributed by atoms with Crippen LogP contribution < -0.4 is 14.9 Å². The molecule has 2 amide bonds. The monoisotopic (exact) mass is 456 g/mol. The number of carbonyl (C=O) groups excluding carboxylic acids is 2. The first-order chi connectivity index (χ1) is 15.3. The van der Waals surface area contributed by atoms with E-state index < -0.39 is 22.2 Å². The maximum atomic E-state index is 13.2. The highest BCUT2D eigenvalue weighted by Gasteiger charge is 2.33. The van der Waals surface area contributed by atoms with Gasteiger partial charge in [0, 0.05) is 16.9 Å². The summed E-state index contributed by atoms with van der Waals surface area (Å²) in [5.41, 5.74) is 1.57. The van der Waals surface area contributed by atoms with E-state index in [9.17, 15) is 18.0 Å². The van der Waals surface area contributed by atoms with Gasteiger partial charge in [-0.1, -0.05) is 38.5 Å². The van der Waals surface area contributed by atoms with E-state index in [-0.39, 0.29) is 22.6 Å². The number of rotatable bonds is 6. The molecule has 0 spiro atoms. The van der Waals surface area contributed by atoms with Gasteiger partial charge in [-0.25, -0.2) is 13.2 Å². The highest BCUT2D eigenvalue weighted by Crippen LogP contribution is 2.26. The molecule has 2 aromatic carbocycles. The molecule has 2 N–H and O–H groups in total. The highest BCUT2D eigenvalue weighted by atomic mass is 32.2. The summed E-state index contributed by atoms with van der Waals surface area (Å²) >= 11 is 0. The van der Waals surface area contributed by atoms with E-state index in [0.29, 0.717) is 36.5 Å². The van der Waals surface area contributed by atoms with Crippen LogP contribution in [0, 0.1) is 5.92 Å². The van der Waals surface area contributed by atoms with Crippen molar-refractivity contribution < 1.29 is 22.7 Å². The van der Waals surface area contributed by atoms with Crippen LogP contribution in [0.3, 0.4) is 0 Å². The van der Waals surface area contributed by atoms with Crippen molar-refractivity contribution in [3.05, 3.63) is 54.1 Å². The molecule has 168 valence electrons. The molecule has 2 atom stereocenters. The Hall–Kier alpha value is -3.40. The summed E-state index contributed by atoms with van der Waals surface area (Å²) in [4.78, 5) is 31.2. The van der Waals surface area contributed by atoms with Crippen molar-refractivity contribution in [1.82, 2.24) is 4.72 Å². The zero-order valence-electron chi connectivity index (χ0n) is 17.7. The minimum Gasteiger partial charge on any atom is -0.447 e. The molecule has 0 saturated carbocycles. The fraction of sp³-hybridized carbons (Fsp3) is 0.318. The molecule has 0 bridgehead atoms. The summed E-state index contributed by atoms with van der Waals surface area (Å²) in [5.74, 6) is -0.345. The van der Waals surface area contributed by atoms with Crippen LogP contribution in [0.2, 0.25) is 0 Å². The Bertz CT molecular complexity index is 1190. The first-order valence-electron chi connectivity index (χ1n) is 10.4. The Morgan fingerprint density at radius 1 is 1.25 bits per heavy atom. The van der Waals surface area contributed by atoms with E-state index >= 15 is 0 Å². The van der Waals surface area contributed by atoms with Crippen molar-refractivity contribution in [3.63, 3.8) is 0 Å². The first kappa shape index (κ1) is 21.8. The molecule has 1 fully saturated rings. The number of fused-ring (bicyclic) bond motifs is 1. The molecule has 2 heterocycles. The minimum atomic E-state index is -3.70. The molecule has 0 radical (unpaired) electrons. The summed E-state index contributed by atoms with van der Waals surface area (Å²) in [6, 6.07) is 12.6. The van der Waals surface area contributed by atoms with Gasteiger partial charge >= 0.3 is 6.09 Å². The molecule has 10 heteroatoms. The molecular weight excluding hydrogens is 432 g/mol. The standard InChI is InChI=1S/C22H24N4O5S/c1-3-14(2)19(24-20-17-9-4-5-10-18(17)32(29,30)25-20)21(27)23-15-7-6-8-16(13-15)26-11-12-31-22(26)28/h4-10,13-14,19H,3,11-12H2,1-2H3,(H,23,27)(H,24,25)/t14-,19-/m0/s1. The van der Waals surface area contributed by atoms with Gasteiger partial charge in [0.15, 0.2) is 0 Å². The Labute approximate surface area is 186 Å². The Morgan fingerprint density at radius 2 is 2.03 bits per heavy atom. The van der Waals surface area contributed by atoms with E-state index in [1.807, 2.05) is 13.8 Å². The minimum absolute atomic E-state index is 0.142. The predicted octanol–water partition coefficient (Wildman–Crippen LogP) is 2.74. The third kappa shape index (κ3) is 4.18. The summed E-state index contributed by atoms with van der Waals surface area (Å²) < 4.78 is 32.2. The second-order valence-corrected chi connectivity index (χ2v) is 9.37. The third-order valence-corrected chi connectivity index (χ3v) is 6.97. The topological polar surface area (TPSA) is 117 Å². The van der Waals surface area contributed by atoms with Crippen molar-refractivity contribution >= 4 is 39.2 Å². The average molecular weight is 457 g/mol. The molecule has 2 aromatic rings. The van der Waals surface area contributed by atoms with Crippen LogP contribution in [-0.4, -0.2) is 45.4 Å². The van der Waals surface area contributed by atoms with E-state index in [1.165, 1.54) is 11.0 Å². The number of cyclic esters (lactones) is 1. The Balaban J connectivity index is 1.61. The number of amidine groups is 1. The number of benzene rings is 2. The number of nitrogens with zero attached hydrogens (tertiary/aromatic N) is 2. The molecule has 2 aliphatic heterocycles. The van der Waals surface area contributed by atoms with Gasteiger partial charge in [0.25, 0.3) is 10.0 Å². The molecular formula is C22H24N4O5S. The highest BCUT2D eigenvalue weighted by molar-refractivity contribution is 7.90. The van der Waals surface area contributed by atoms with Crippen LogP contribution >= 0.6 is 0 Å². The molecule has 32 heavy (non-hydrogen) atoms. The largest absolute Gasteiger partial charge is 0.447 e. The number of aliphatic imine (C=N–C) groups is 1. The van der Waals surface area contributed by atoms with Gasteiger partial charge in [0.05, 0.1) is 11.4 Å². The normalized spacial score (nSPS) is 19.8. The number of anilines is 2. The zero-order chi connectivity index (χ0) is 22.9. The van der Waals surface area contributed by atoms with Crippen LogP contribution in [0.4, 0.5) is 16.2 Å². The first-order valence-corrected chi connectivity index (χ1v) is 11.8. The SMILES string of the molecule is CC[C@H](C)[C@H](N=C1NS(=O)(=O)c2ccccc21)C(=O)Nc1cccc(N2CCOC2=O)c1. The van der Waals surface area contributed by atoms with Crippen molar-refractivity contribution in [2.75, 3.05) is 23.4 Å². The van der Waals surface area contributed by atoms with Crippen molar-refractivity contribution in [2.24, 2.45) is 10.9 Å². The van der Waals surface area contributed by atoms with Crippen LogP contribution in [-0.2, 0) is 19.6 Å². The van der Waals surface area contributed by atoms with Crippen LogP contribution in [0.1, 0.15) is 25.8 Å². The van der Waals surface area contributed by atoms with E-state index in [1.54, 1.807) is 42.5 Å². The number of amides is 2. The lowest BCUT2D eigenvalue weighted by molar-refractivity contribution is -0.118. The number of carbonyl (C=O) groups is 2. The van der Waals surface area contributed by atoms with Crippen LogP contribution in [0.25, 0.3) is 0 Å². The third-order valence-electron chi connectivity index (χ3n) is 5.57. The molecule has 9 nitrogen and oxygen atoms in total. The van der Waals surface area contributed by atoms with Gasteiger partial charge in [0.1, 0.15) is 18.5 Å². The number of hydrogen-bond donors (Lipinski definition) is 2. The number of sulfonamides is 1. The molecule has 0 unspecified atom stereocenters. The zero-order valence-corrected chi connectivity index (χ0v) is 18.6. The number of ether oxygens (including phenoxy) is 1. The maximum Gasteiger partial charge on any atom is 0.414 e. The molecule has 0 aliphatic carbocycles. The average Bonchev–Trinajstić information content (AvgIpc) is 3.32. The number of hydrogen-bond acceptors (Lipinski definition) is 6. The van der Waals surface area contributed by atoms with Crippen molar-refractivity contribution in [2.45, 2.75) is 31.2 Å². The quantitative estimate of drug-likeness (QED) is 0.693. The molecule has 4 rings (SSSR count). The Morgan fingerprint density at radius 3 is 2.75 bits per heavy atom. The van der Waals surface area contributed by atoms with Gasteiger partial charge in [-0.2, -0.15) is 0 Å². The lowest BCUT2D eigenvalue weighted by atomic mass is 9.98. The molecule has 2 aliphatic rings. The van der Waals surface area contributed by atoms with Gasteiger partial charge in [-0.15, -0.1) is 0 Å². The van der Waals surface area contributed by atoms with Gasteiger partial charge < -0.3 is 10.1 Å². The second-order valence-electron chi connectivity index (χ2n) is 7.72. The number of nitrogens with one attached hydrogen (secondary N) is 2. The van der Waals surface area contributed by atoms with Crippen molar-refractivity contribution in [3.8, 4) is 0 Å². The van der Waals surface area contributed by atoms with Gasteiger partial charge in [0.2, 0.25) is 5.91 Å². The van der Waals surface area contributed by atoms with Gasteiger partial charge in [-0.05, 0) is 36.2 Å². The van der Waals surface area contributed by atoms with E-state index in [2.05, 4.69) is 15.0 Å². The summed E-state index contributed by atoms with van der Waals surface area (Å²) in [6.07, 6.45) is 0.243. The molecule has 1 saturated heterocycles. The Kier molecular flexibility index (Phi) is 5.88. The van der Waals surface area contributed by atoms with E-state index in [4.69, 9.17) is 4.74 Å².